The molecule has 2 rings (SSSR count). The summed E-state index contributed by atoms with van der Waals surface area (Å²) >= 11 is 0. The summed E-state index contributed by atoms with van der Waals surface area (Å²) in [6, 6.07) is 5.41. The van der Waals surface area contributed by atoms with Gasteiger partial charge in [0.15, 0.2) is 11.5 Å². The van der Waals surface area contributed by atoms with E-state index in [0.717, 1.165) is 5.56 Å². The molecule has 0 aromatic heterocycles. The zero-order chi connectivity index (χ0) is 14.4. The molecule has 0 fully saturated rings. The zero-order valence-electron chi connectivity index (χ0n) is 11.0. The van der Waals surface area contributed by atoms with E-state index in [0.29, 0.717) is 11.5 Å². The van der Waals surface area contributed by atoms with Gasteiger partial charge in [0.2, 0.25) is 12.7 Å². The Morgan fingerprint density at radius 1 is 1.35 bits per heavy atom. The molecule has 1 aliphatic rings. The molecule has 0 spiro atoms. The molecule has 1 aliphatic heterocycles. The number of fused-ring (bicyclic) bond motifs is 1. The van der Waals surface area contributed by atoms with Crippen molar-refractivity contribution in [1.82, 2.24) is 5.32 Å². The van der Waals surface area contributed by atoms with Gasteiger partial charge in [-0.2, -0.15) is 0 Å². The highest BCUT2D eigenvalue weighted by Gasteiger charge is 2.12. The Labute approximate surface area is 116 Å². The second-order valence-electron chi connectivity index (χ2n) is 4.06. The maximum absolute atomic E-state index is 11.5. The number of rotatable bonds is 5. The summed E-state index contributed by atoms with van der Waals surface area (Å²) in [6.07, 6.45) is 3.21. The normalized spacial score (nSPS) is 12.4. The lowest BCUT2D eigenvalue weighted by atomic mass is 10.2. The second-order valence-corrected chi connectivity index (χ2v) is 4.06. The molecule has 0 saturated heterocycles. The first-order chi connectivity index (χ1) is 9.69. The van der Waals surface area contributed by atoms with E-state index >= 15 is 0 Å². The first-order valence-corrected chi connectivity index (χ1v) is 6.11. The lowest BCUT2D eigenvalue weighted by Gasteiger charge is -2.01. The molecular formula is C14H15NO5. The fourth-order valence-corrected chi connectivity index (χ4v) is 1.64. The first kappa shape index (κ1) is 13.9. The topological polar surface area (TPSA) is 73.9 Å². The lowest BCUT2D eigenvalue weighted by molar-refractivity contribution is -0.140. The Kier molecular flexibility index (Phi) is 4.60. The third-order valence-electron chi connectivity index (χ3n) is 2.68. The van der Waals surface area contributed by atoms with Gasteiger partial charge in [0.25, 0.3) is 0 Å². The summed E-state index contributed by atoms with van der Waals surface area (Å²) in [7, 11) is 1.31. The average molecular weight is 277 g/mol. The molecule has 0 radical (unpaired) electrons. The molecule has 1 heterocycles. The number of ether oxygens (including phenoxy) is 3. The molecule has 6 nitrogen and oxygen atoms in total. The van der Waals surface area contributed by atoms with Gasteiger partial charge in [-0.15, -0.1) is 0 Å². The van der Waals surface area contributed by atoms with Crippen LogP contribution in [0.15, 0.2) is 24.3 Å². The van der Waals surface area contributed by atoms with Crippen LogP contribution in [-0.4, -0.2) is 32.3 Å². The molecule has 20 heavy (non-hydrogen) atoms. The molecule has 106 valence electrons. The highest BCUT2D eigenvalue weighted by molar-refractivity contribution is 5.92. The summed E-state index contributed by atoms with van der Waals surface area (Å²) < 4.78 is 14.9. The van der Waals surface area contributed by atoms with Crippen LogP contribution in [-0.2, 0) is 14.3 Å². The van der Waals surface area contributed by atoms with Crippen LogP contribution in [0.5, 0.6) is 11.5 Å². The third kappa shape index (κ3) is 3.74. The standard InChI is InChI=1S/C14H15NO5/c1-18-14(17)6-7-15-13(16)5-3-10-2-4-11-12(8-10)20-9-19-11/h2-5,8H,6-7,9H2,1H3,(H,15,16). The van der Waals surface area contributed by atoms with E-state index in [9.17, 15) is 9.59 Å². The van der Waals surface area contributed by atoms with Crippen LogP contribution in [0.3, 0.4) is 0 Å². The van der Waals surface area contributed by atoms with Gasteiger partial charge in [-0.25, -0.2) is 0 Å². The molecule has 0 bridgehead atoms. The van der Waals surface area contributed by atoms with E-state index in [4.69, 9.17) is 9.47 Å². The lowest BCUT2D eigenvalue weighted by Crippen LogP contribution is -2.24. The number of benzene rings is 1. The van der Waals surface area contributed by atoms with Crippen LogP contribution in [0.2, 0.25) is 0 Å². The molecule has 0 aliphatic carbocycles. The Hall–Kier alpha value is -2.50. The SMILES string of the molecule is COC(=O)CCNC(=O)C=Cc1ccc2c(c1)OCO2. The van der Waals surface area contributed by atoms with Crippen molar-refractivity contribution in [2.75, 3.05) is 20.4 Å². The molecule has 0 unspecified atom stereocenters. The van der Waals surface area contributed by atoms with Crippen LogP contribution in [0.4, 0.5) is 0 Å². The minimum Gasteiger partial charge on any atom is -0.469 e. The van der Waals surface area contributed by atoms with Crippen molar-refractivity contribution in [3.63, 3.8) is 0 Å². The van der Waals surface area contributed by atoms with Gasteiger partial charge in [-0.05, 0) is 23.8 Å². The largest absolute Gasteiger partial charge is 0.469 e. The quantitative estimate of drug-likeness (QED) is 0.644. The minimum atomic E-state index is -0.356. The van der Waals surface area contributed by atoms with E-state index in [1.807, 2.05) is 6.07 Å². The van der Waals surface area contributed by atoms with Crippen LogP contribution in [0, 0.1) is 0 Å². The van der Waals surface area contributed by atoms with E-state index in [1.54, 1.807) is 18.2 Å². The number of esters is 1. The fraction of sp³-hybridized carbons (Fsp3) is 0.286. The van der Waals surface area contributed by atoms with E-state index in [-0.39, 0.29) is 31.6 Å². The highest BCUT2D eigenvalue weighted by Crippen LogP contribution is 2.32. The predicted octanol–water partition coefficient (Wildman–Crippen LogP) is 1.11. The van der Waals surface area contributed by atoms with Crippen molar-refractivity contribution < 1.29 is 23.8 Å². The van der Waals surface area contributed by atoms with Crippen molar-refractivity contribution in [1.29, 1.82) is 0 Å². The number of carbonyl (C=O) groups excluding carboxylic acids is 2. The fourth-order valence-electron chi connectivity index (χ4n) is 1.64. The van der Waals surface area contributed by atoms with E-state index in [1.165, 1.54) is 13.2 Å². The van der Waals surface area contributed by atoms with Gasteiger partial charge in [0, 0.05) is 12.6 Å². The molecule has 0 saturated carbocycles. The summed E-state index contributed by atoms with van der Waals surface area (Å²) in [6.45, 7) is 0.466. The maximum Gasteiger partial charge on any atom is 0.307 e. The van der Waals surface area contributed by atoms with Crippen molar-refractivity contribution in [3.8, 4) is 11.5 Å². The zero-order valence-corrected chi connectivity index (χ0v) is 11.0. The maximum atomic E-state index is 11.5. The van der Waals surface area contributed by atoms with Gasteiger partial charge in [-0.1, -0.05) is 6.07 Å². The van der Waals surface area contributed by atoms with E-state index < -0.39 is 0 Å². The molecule has 1 aromatic rings. The highest BCUT2D eigenvalue weighted by atomic mass is 16.7. The summed E-state index contributed by atoms with van der Waals surface area (Å²) in [5.74, 6) is 0.736. The molecule has 6 heteroatoms. The summed E-state index contributed by atoms with van der Waals surface area (Å²) in [4.78, 5) is 22.4. The Morgan fingerprint density at radius 3 is 2.95 bits per heavy atom. The monoisotopic (exact) mass is 277 g/mol. The van der Waals surface area contributed by atoms with Crippen molar-refractivity contribution in [3.05, 3.63) is 29.8 Å². The van der Waals surface area contributed by atoms with Gasteiger partial charge < -0.3 is 19.5 Å². The average Bonchev–Trinajstić information content (AvgIpc) is 2.92. The van der Waals surface area contributed by atoms with E-state index in [2.05, 4.69) is 10.1 Å². The van der Waals surface area contributed by atoms with Gasteiger partial charge in [0.1, 0.15) is 0 Å². The Balaban J connectivity index is 1.83. The summed E-state index contributed by atoms with van der Waals surface area (Å²) in [5.41, 5.74) is 0.831. The third-order valence-corrected chi connectivity index (χ3v) is 2.68. The molecule has 1 aromatic carbocycles. The Morgan fingerprint density at radius 2 is 2.15 bits per heavy atom. The Bertz CT molecular complexity index is 538. The van der Waals surface area contributed by atoms with Gasteiger partial charge >= 0.3 is 5.97 Å². The molecule has 1 N–H and O–H groups in total. The second kappa shape index (κ2) is 6.60. The van der Waals surface area contributed by atoms with Crippen LogP contribution in [0.1, 0.15) is 12.0 Å². The molecule has 0 atom stereocenters. The number of carbonyl (C=O) groups is 2. The van der Waals surface area contributed by atoms with Crippen LogP contribution >= 0.6 is 0 Å². The molecule has 1 amide bonds. The van der Waals surface area contributed by atoms with Crippen LogP contribution < -0.4 is 14.8 Å². The number of nitrogens with one attached hydrogen (secondary N) is 1. The minimum absolute atomic E-state index is 0.153. The van der Waals surface area contributed by atoms with Crippen molar-refractivity contribution in [2.24, 2.45) is 0 Å². The van der Waals surface area contributed by atoms with Gasteiger partial charge in [0.05, 0.1) is 13.5 Å². The number of amides is 1. The number of hydrogen-bond donors (Lipinski definition) is 1. The van der Waals surface area contributed by atoms with Crippen LogP contribution in [0.25, 0.3) is 6.08 Å². The number of methoxy groups -OCH3 is 1. The number of hydrogen-bond acceptors (Lipinski definition) is 5. The first-order valence-electron chi connectivity index (χ1n) is 6.11. The predicted molar refractivity (Wildman–Crippen MR) is 71.2 cm³/mol. The molecular weight excluding hydrogens is 262 g/mol. The smallest absolute Gasteiger partial charge is 0.307 e. The van der Waals surface area contributed by atoms with Gasteiger partial charge in [-0.3, -0.25) is 9.59 Å². The van der Waals surface area contributed by atoms with Crippen molar-refractivity contribution >= 4 is 18.0 Å². The van der Waals surface area contributed by atoms with Crippen molar-refractivity contribution in [2.45, 2.75) is 6.42 Å². The summed E-state index contributed by atoms with van der Waals surface area (Å²) in [5, 5.41) is 2.59.